The van der Waals surface area contributed by atoms with E-state index in [0.29, 0.717) is 0 Å². The Morgan fingerprint density at radius 2 is 2.30 bits per heavy atom. The average molecular weight is 141 g/mol. The van der Waals surface area contributed by atoms with Crippen molar-refractivity contribution in [3.05, 3.63) is 0 Å². The van der Waals surface area contributed by atoms with Crippen molar-refractivity contribution >= 4 is 5.97 Å². The minimum atomic E-state index is -0.995. The molecule has 0 amide bonds. The topological polar surface area (TPSA) is 63.3 Å². The molecule has 3 N–H and O–H groups in total. The van der Waals surface area contributed by atoms with E-state index in [4.69, 9.17) is 10.8 Å². The van der Waals surface area contributed by atoms with E-state index in [0.717, 1.165) is 6.42 Å². The van der Waals surface area contributed by atoms with Crippen molar-refractivity contribution in [2.45, 2.75) is 25.8 Å². The van der Waals surface area contributed by atoms with Crippen molar-refractivity contribution in [1.82, 2.24) is 0 Å². The van der Waals surface area contributed by atoms with Gasteiger partial charge in [0.25, 0.3) is 0 Å². The molecule has 0 aromatic rings. The Hall–Kier alpha value is -1.01. The highest BCUT2D eigenvalue weighted by atomic mass is 16.4. The van der Waals surface area contributed by atoms with Gasteiger partial charge in [-0.05, 0) is 0 Å². The second kappa shape index (κ2) is 4.83. The largest absolute Gasteiger partial charge is 0.480 e. The van der Waals surface area contributed by atoms with Gasteiger partial charge < -0.3 is 10.8 Å². The van der Waals surface area contributed by atoms with E-state index in [1.165, 1.54) is 0 Å². The fourth-order valence-electron chi connectivity index (χ4n) is 0.394. The maximum atomic E-state index is 10.1. The van der Waals surface area contributed by atoms with Crippen LogP contribution in [0.2, 0.25) is 0 Å². The number of carbonyl (C=O) groups is 1. The molecule has 0 radical (unpaired) electrons. The molecule has 0 fully saturated rings. The second-order valence-electron chi connectivity index (χ2n) is 1.86. The van der Waals surface area contributed by atoms with Crippen LogP contribution in [0, 0.1) is 11.8 Å². The Morgan fingerprint density at radius 3 is 2.70 bits per heavy atom. The molecule has 0 unspecified atom stereocenters. The summed E-state index contributed by atoms with van der Waals surface area (Å²) in [6, 6.07) is -0.834. The van der Waals surface area contributed by atoms with Crippen LogP contribution in [0.1, 0.15) is 19.8 Å². The third kappa shape index (κ3) is 3.93. The first-order chi connectivity index (χ1) is 4.68. The molecule has 0 rings (SSSR count). The van der Waals surface area contributed by atoms with Crippen molar-refractivity contribution in [3.8, 4) is 11.8 Å². The quantitative estimate of drug-likeness (QED) is 0.540. The fourth-order valence-corrected chi connectivity index (χ4v) is 0.394. The van der Waals surface area contributed by atoms with Crippen molar-refractivity contribution < 1.29 is 9.90 Å². The van der Waals surface area contributed by atoms with E-state index in [1.807, 2.05) is 6.92 Å². The molecule has 3 heteroatoms. The van der Waals surface area contributed by atoms with Gasteiger partial charge in [0.05, 0.1) is 0 Å². The standard InChI is InChI=1S/C7H11NO2/c1-2-3-4-5-6(8)7(9)10/h6H,2,5,8H2,1H3,(H,9,10)/t6-/m0/s1. The van der Waals surface area contributed by atoms with E-state index >= 15 is 0 Å². The van der Waals surface area contributed by atoms with Gasteiger partial charge in [0.2, 0.25) is 0 Å². The smallest absolute Gasteiger partial charge is 0.321 e. The van der Waals surface area contributed by atoms with Gasteiger partial charge in [0.15, 0.2) is 0 Å². The molecular weight excluding hydrogens is 130 g/mol. The van der Waals surface area contributed by atoms with Crippen LogP contribution in [0.3, 0.4) is 0 Å². The summed E-state index contributed by atoms with van der Waals surface area (Å²) in [4.78, 5) is 10.1. The molecule has 0 aromatic carbocycles. The highest BCUT2D eigenvalue weighted by Gasteiger charge is 2.07. The van der Waals surface area contributed by atoms with Crippen LogP contribution in [-0.2, 0) is 4.79 Å². The van der Waals surface area contributed by atoms with E-state index in [1.54, 1.807) is 0 Å². The summed E-state index contributed by atoms with van der Waals surface area (Å²) in [5.74, 6) is 4.41. The van der Waals surface area contributed by atoms with Crippen LogP contribution in [0.25, 0.3) is 0 Å². The number of rotatable bonds is 2. The Bertz CT molecular complexity index is 166. The number of carboxylic acids is 1. The van der Waals surface area contributed by atoms with Crippen molar-refractivity contribution in [3.63, 3.8) is 0 Å². The molecule has 0 saturated heterocycles. The molecule has 1 atom stereocenters. The molecular formula is C7H11NO2. The lowest BCUT2D eigenvalue weighted by Crippen LogP contribution is -2.29. The highest BCUT2D eigenvalue weighted by Crippen LogP contribution is 1.84. The molecule has 0 aliphatic heterocycles. The Morgan fingerprint density at radius 1 is 1.70 bits per heavy atom. The highest BCUT2D eigenvalue weighted by molar-refractivity contribution is 5.73. The predicted octanol–water partition coefficient (Wildman–Crippen LogP) is 0.202. The van der Waals surface area contributed by atoms with Crippen LogP contribution in [0.4, 0.5) is 0 Å². The Balaban J connectivity index is 3.58. The number of carboxylic acid groups (broad SMARTS) is 1. The number of hydrogen-bond donors (Lipinski definition) is 2. The Labute approximate surface area is 60.2 Å². The summed E-state index contributed by atoms with van der Waals surface area (Å²) in [6.45, 7) is 1.90. The van der Waals surface area contributed by atoms with Gasteiger partial charge >= 0.3 is 5.97 Å². The maximum Gasteiger partial charge on any atom is 0.321 e. The van der Waals surface area contributed by atoms with E-state index < -0.39 is 12.0 Å². The SMILES string of the molecule is CCC#CC[C@H](N)C(=O)O. The first-order valence-corrected chi connectivity index (χ1v) is 3.12. The average Bonchev–Trinajstić information content (AvgIpc) is 1.88. The summed E-state index contributed by atoms with van der Waals surface area (Å²) in [6.07, 6.45) is 0.982. The summed E-state index contributed by atoms with van der Waals surface area (Å²) < 4.78 is 0. The molecule has 0 aromatic heterocycles. The summed E-state index contributed by atoms with van der Waals surface area (Å²) >= 11 is 0. The molecule has 0 bridgehead atoms. The molecule has 10 heavy (non-hydrogen) atoms. The summed E-state index contributed by atoms with van der Waals surface area (Å²) in [5.41, 5.74) is 5.16. The lowest BCUT2D eigenvalue weighted by molar-refractivity contribution is -0.138. The van der Waals surface area contributed by atoms with Gasteiger partial charge in [0, 0.05) is 12.8 Å². The molecule has 0 saturated carbocycles. The van der Waals surface area contributed by atoms with Crippen molar-refractivity contribution in [2.24, 2.45) is 5.73 Å². The third-order valence-corrected chi connectivity index (χ3v) is 0.941. The van der Waals surface area contributed by atoms with Gasteiger partial charge in [-0.15, -0.1) is 11.8 Å². The van der Waals surface area contributed by atoms with Crippen LogP contribution in [0.15, 0.2) is 0 Å². The normalized spacial score (nSPS) is 11.4. The van der Waals surface area contributed by atoms with E-state index in [-0.39, 0.29) is 6.42 Å². The fraction of sp³-hybridized carbons (Fsp3) is 0.571. The monoisotopic (exact) mass is 141 g/mol. The van der Waals surface area contributed by atoms with E-state index in [2.05, 4.69) is 11.8 Å². The molecule has 0 aliphatic rings. The van der Waals surface area contributed by atoms with Crippen LogP contribution >= 0.6 is 0 Å². The molecule has 0 spiro atoms. The van der Waals surface area contributed by atoms with Crippen molar-refractivity contribution in [1.29, 1.82) is 0 Å². The molecule has 3 nitrogen and oxygen atoms in total. The first kappa shape index (κ1) is 8.99. The summed E-state index contributed by atoms with van der Waals surface area (Å²) in [5, 5.41) is 8.29. The zero-order chi connectivity index (χ0) is 7.98. The third-order valence-electron chi connectivity index (χ3n) is 0.941. The van der Waals surface area contributed by atoms with Crippen LogP contribution in [-0.4, -0.2) is 17.1 Å². The van der Waals surface area contributed by atoms with Gasteiger partial charge in [0.1, 0.15) is 6.04 Å². The van der Waals surface area contributed by atoms with Gasteiger partial charge in [-0.25, -0.2) is 0 Å². The second-order valence-corrected chi connectivity index (χ2v) is 1.86. The maximum absolute atomic E-state index is 10.1. The van der Waals surface area contributed by atoms with E-state index in [9.17, 15) is 4.79 Å². The zero-order valence-electron chi connectivity index (χ0n) is 5.92. The minimum absolute atomic E-state index is 0.239. The number of nitrogens with two attached hydrogens (primary N) is 1. The molecule has 56 valence electrons. The van der Waals surface area contributed by atoms with Gasteiger partial charge in [-0.2, -0.15) is 0 Å². The van der Waals surface area contributed by atoms with Gasteiger partial charge in [-0.1, -0.05) is 6.92 Å². The van der Waals surface area contributed by atoms with Crippen molar-refractivity contribution in [2.75, 3.05) is 0 Å². The Kier molecular flexibility index (Phi) is 4.34. The number of hydrogen-bond acceptors (Lipinski definition) is 2. The lowest BCUT2D eigenvalue weighted by atomic mass is 10.2. The molecule has 0 heterocycles. The number of aliphatic carboxylic acids is 1. The van der Waals surface area contributed by atoms with Crippen LogP contribution < -0.4 is 5.73 Å². The predicted molar refractivity (Wildman–Crippen MR) is 38.3 cm³/mol. The zero-order valence-corrected chi connectivity index (χ0v) is 5.92. The first-order valence-electron chi connectivity index (χ1n) is 3.12. The van der Waals surface area contributed by atoms with Gasteiger partial charge in [-0.3, -0.25) is 4.79 Å². The lowest BCUT2D eigenvalue weighted by Gasteiger charge is -1.97. The minimum Gasteiger partial charge on any atom is -0.480 e. The molecule has 0 aliphatic carbocycles. The van der Waals surface area contributed by atoms with Crippen LogP contribution in [0.5, 0.6) is 0 Å². The summed E-state index contributed by atoms with van der Waals surface area (Å²) in [7, 11) is 0.